The summed E-state index contributed by atoms with van der Waals surface area (Å²) in [6, 6.07) is 10.8. The number of aromatic nitrogens is 1. The number of carbonyl (C=O) groups is 1. The van der Waals surface area contributed by atoms with Crippen molar-refractivity contribution < 1.29 is 14.8 Å². The monoisotopic (exact) mass is 256 g/mol. The summed E-state index contributed by atoms with van der Waals surface area (Å²) in [7, 11) is -1.60. The number of hydrogen-bond donors (Lipinski definition) is 3. The average molecular weight is 256 g/mol. The van der Waals surface area contributed by atoms with Crippen LogP contribution >= 0.6 is 0 Å². The van der Waals surface area contributed by atoms with Gasteiger partial charge in [0.2, 0.25) is 5.91 Å². The van der Waals surface area contributed by atoms with E-state index in [0.29, 0.717) is 5.69 Å². The van der Waals surface area contributed by atoms with Gasteiger partial charge in [-0.15, -0.1) is 0 Å². The molecule has 1 aromatic heterocycles. The summed E-state index contributed by atoms with van der Waals surface area (Å²) < 4.78 is 0. The van der Waals surface area contributed by atoms with Gasteiger partial charge in [-0.1, -0.05) is 30.3 Å². The lowest BCUT2D eigenvalue weighted by Crippen LogP contribution is -2.30. The van der Waals surface area contributed by atoms with Gasteiger partial charge in [0, 0.05) is 11.7 Å². The third-order valence-corrected chi connectivity index (χ3v) is 2.55. The molecule has 19 heavy (non-hydrogen) atoms. The molecule has 0 saturated heterocycles. The van der Waals surface area contributed by atoms with E-state index < -0.39 is 7.12 Å². The zero-order valence-electron chi connectivity index (χ0n) is 10.2. The Labute approximate surface area is 111 Å². The van der Waals surface area contributed by atoms with E-state index in [4.69, 9.17) is 10.0 Å². The number of amides is 1. The Balaban J connectivity index is 2.01. The van der Waals surface area contributed by atoms with Gasteiger partial charge in [0.05, 0.1) is 18.3 Å². The number of nitrogens with zero attached hydrogens (tertiary/aromatic N) is 1. The molecule has 6 heteroatoms. The Morgan fingerprint density at radius 3 is 2.63 bits per heavy atom. The third kappa shape index (κ3) is 3.91. The molecular weight excluding hydrogens is 243 g/mol. The summed E-state index contributed by atoms with van der Waals surface area (Å²) in [4.78, 5) is 15.6. The predicted octanol–water partition coefficient (Wildman–Crippen LogP) is -0.0574. The van der Waals surface area contributed by atoms with Crippen molar-refractivity contribution in [3.8, 4) is 0 Å². The van der Waals surface area contributed by atoms with Crippen LogP contribution in [0.1, 0.15) is 5.56 Å². The maximum atomic E-state index is 11.8. The Morgan fingerprint density at radius 1 is 1.21 bits per heavy atom. The molecule has 1 aromatic carbocycles. The number of anilines is 1. The number of carbonyl (C=O) groups excluding carboxylic acids is 1. The zero-order valence-corrected chi connectivity index (χ0v) is 10.2. The van der Waals surface area contributed by atoms with Gasteiger partial charge >= 0.3 is 7.12 Å². The van der Waals surface area contributed by atoms with Gasteiger partial charge < -0.3 is 15.4 Å². The fourth-order valence-electron chi connectivity index (χ4n) is 1.65. The second-order valence-electron chi connectivity index (χ2n) is 4.09. The maximum Gasteiger partial charge on any atom is 0.490 e. The second kappa shape index (κ2) is 6.13. The van der Waals surface area contributed by atoms with Gasteiger partial charge in [0.1, 0.15) is 0 Å². The molecule has 0 atom stereocenters. The molecule has 0 aliphatic heterocycles. The predicted molar refractivity (Wildman–Crippen MR) is 72.8 cm³/mol. The highest BCUT2D eigenvalue weighted by molar-refractivity contribution is 6.58. The van der Waals surface area contributed by atoms with Crippen LogP contribution in [-0.4, -0.2) is 28.1 Å². The maximum absolute atomic E-state index is 11.8. The number of nitrogens with one attached hydrogen (secondary N) is 1. The molecule has 2 aromatic rings. The summed E-state index contributed by atoms with van der Waals surface area (Å²) >= 11 is 0. The lowest BCUT2D eigenvalue weighted by atomic mass is 9.81. The SMILES string of the molecule is O=C(Cc1ccccc1)Nc1cncc(B(O)O)c1. The van der Waals surface area contributed by atoms with E-state index >= 15 is 0 Å². The van der Waals surface area contributed by atoms with Gasteiger partial charge in [-0.3, -0.25) is 9.78 Å². The number of hydrogen-bond acceptors (Lipinski definition) is 4. The first kappa shape index (κ1) is 13.3. The third-order valence-electron chi connectivity index (χ3n) is 2.55. The van der Waals surface area contributed by atoms with Crippen molar-refractivity contribution in [3.05, 3.63) is 54.4 Å². The topological polar surface area (TPSA) is 82.5 Å². The van der Waals surface area contributed by atoms with Crippen LogP contribution in [0.5, 0.6) is 0 Å². The summed E-state index contributed by atoms with van der Waals surface area (Å²) in [6.45, 7) is 0. The molecule has 1 heterocycles. The smallest absolute Gasteiger partial charge is 0.423 e. The highest BCUT2D eigenvalue weighted by Crippen LogP contribution is 2.05. The van der Waals surface area contributed by atoms with Crippen molar-refractivity contribution in [2.45, 2.75) is 6.42 Å². The molecule has 0 fully saturated rings. The zero-order chi connectivity index (χ0) is 13.7. The first-order valence-corrected chi connectivity index (χ1v) is 5.80. The van der Waals surface area contributed by atoms with Crippen LogP contribution < -0.4 is 10.8 Å². The lowest BCUT2D eigenvalue weighted by Gasteiger charge is -2.06. The summed E-state index contributed by atoms with van der Waals surface area (Å²) in [5.74, 6) is -0.183. The first-order chi connectivity index (χ1) is 9.15. The van der Waals surface area contributed by atoms with Gasteiger partial charge in [-0.25, -0.2) is 0 Å². The Morgan fingerprint density at radius 2 is 1.95 bits per heavy atom. The molecule has 0 aliphatic rings. The summed E-state index contributed by atoms with van der Waals surface area (Å²) in [5, 5.41) is 20.7. The fraction of sp³-hybridized carbons (Fsp3) is 0.0769. The van der Waals surface area contributed by atoms with Crippen LogP contribution in [-0.2, 0) is 11.2 Å². The Bertz CT molecular complexity index is 561. The Hall–Kier alpha value is -2.18. The van der Waals surface area contributed by atoms with Crippen molar-refractivity contribution in [1.82, 2.24) is 4.98 Å². The normalized spacial score (nSPS) is 10.0. The van der Waals surface area contributed by atoms with Crippen molar-refractivity contribution in [2.75, 3.05) is 5.32 Å². The molecule has 0 spiro atoms. The average Bonchev–Trinajstić information content (AvgIpc) is 2.40. The van der Waals surface area contributed by atoms with E-state index in [1.165, 1.54) is 18.5 Å². The summed E-state index contributed by atoms with van der Waals surface area (Å²) in [6.07, 6.45) is 3.04. The molecule has 0 saturated carbocycles. The van der Waals surface area contributed by atoms with E-state index in [1.807, 2.05) is 30.3 Å². The quantitative estimate of drug-likeness (QED) is 0.669. The standard InChI is InChI=1S/C13H13BN2O3/c17-13(6-10-4-2-1-3-5-10)16-12-7-11(14(18)19)8-15-9-12/h1-5,7-9,18-19H,6H2,(H,16,17). The van der Waals surface area contributed by atoms with Crippen LogP contribution in [0.3, 0.4) is 0 Å². The van der Waals surface area contributed by atoms with Gasteiger partial charge in [-0.2, -0.15) is 0 Å². The molecule has 0 bridgehead atoms. The minimum Gasteiger partial charge on any atom is -0.423 e. The molecule has 1 amide bonds. The van der Waals surface area contributed by atoms with Crippen molar-refractivity contribution in [3.63, 3.8) is 0 Å². The molecular formula is C13H13BN2O3. The van der Waals surface area contributed by atoms with Crippen molar-refractivity contribution in [1.29, 1.82) is 0 Å². The molecule has 0 aliphatic carbocycles. The lowest BCUT2D eigenvalue weighted by molar-refractivity contribution is -0.115. The van der Waals surface area contributed by atoms with E-state index in [0.717, 1.165) is 5.56 Å². The van der Waals surface area contributed by atoms with Gasteiger partial charge in [0.15, 0.2) is 0 Å². The molecule has 0 unspecified atom stereocenters. The van der Waals surface area contributed by atoms with Crippen LogP contribution in [0.15, 0.2) is 48.8 Å². The van der Waals surface area contributed by atoms with Crippen molar-refractivity contribution in [2.24, 2.45) is 0 Å². The first-order valence-electron chi connectivity index (χ1n) is 5.80. The molecule has 0 radical (unpaired) electrons. The molecule has 5 nitrogen and oxygen atoms in total. The second-order valence-corrected chi connectivity index (χ2v) is 4.09. The number of benzene rings is 1. The Kier molecular flexibility index (Phi) is 4.28. The molecule has 3 N–H and O–H groups in total. The number of rotatable bonds is 4. The van der Waals surface area contributed by atoms with Gasteiger partial charge in [-0.05, 0) is 11.6 Å². The van der Waals surface area contributed by atoms with Gasteiger partial charge in [0.25, 0.3) is 0 Å². The van der Waals surface area contributed by atoms with E-state index in [-0.39, 0.29) is 17.8 Å². The largest absolute Gasteiger partial charge is 0.490 e. The highest BCUT2D eigenvalue weighted by Gasteiger charge is 2.12. The van der Waals surface area contributed by atoms with Crippen LogP contribution in [0.2, 0.25) is 0 Å². The van der Waals surface area contributed by atoms with E-state index in [1.54, 1.807) is 0 Å². The minimum absolute atomic E-state index is 0.183. The van der Waals surface area contributed by atoms with E-state index in [2.05, 4.69) is 10.3 Å². The van der Waals surface area contributed by atoms with Crippen LogP contribution in [0.25, 0.3) is 0 Å². The summed E-state index contributed by atoms with van der Waals surface area (Å²) in [5.41, 5.74) is 1.58. The van der Waals surface area contributed by atoms with Crippen LogP contribution in [0.4, 0.5) is 5.69 Å². The highest BCUT2D eigenvalue weighted by atomic mass is 16.4. The van der Waals surface area contributed by atoms with Crippen LogP contribution in [0, 0.1) is 0 Å². The van der Waals surface area contributed by atoms with E-state index in [9.17, 15) is 4.79 Å². The van der Waals surface area contributed by atoms with Crippen molar-refractivity contribution >= 4 is 24.2 Å². The number of pyridine rings is 1. The molecule has 2 rings (SSSR count). The molecule has 96 valence electrons. The minimum atomic E-state index is -1.60. The fourth-order valence-corrected chi connectivity index (χ4v) is 1.65.